The van der Waals surface area contributed by atoms with Gasteiger partial charge in [0.25, 0.3) is 0 Å². The third kappa shape index (κ3) is 6.55. The predicted molar refractivity (Wildman–Crippen MR) is 60.3 cm³/mol. The first-order valence-corrected chi connectivity index (χ1v) is 5.56. The van der Waals surface area contributed by atoms with Crippen LogP contribution in [0.2, 0.25) is 0 Å². The topological polar surface area (TPSA) is 92.7 Å². The lowest BCUT2D eigenvalue weighted by Crippen LogP contribution is -2.44. The number of esters is 1. The molecule has 0 aromatic rings. The molecule has 0 rings (SSSR count). The Labute approximate surface area is 100 Å². The number of carbonyl (C=O) groups is 3. The highest BCUT2D eigenvalue weighted by Gasteiger charge is 2.23. The Morgan fingerprint density at radius 1 is 1.24 bits per heavy atom. The number of rotatable bonds is 7. The van der Waals surface area contributed by atoms with Crippen molar-refractivity contribution in [3.8, 4) is 0 Å². The fourth-order valence-corrected chi connectivity index (χ4v) is 1.21. The van der Waals surface area contributed by atoms with Crippen LogP contribution in [-0.4, -0.2) is 35.6 Å². The Hall–Kier alpha value is -1.59. The molecular weight excluding hydrogens is 226 g/mol. The quantitative estimate of drug-likeness (QED) is 0.639. The molecule has 0 heterocycles. The molecule has 0 radical (unpaired) electrons. The van der Waals surface area contributed by atoms with Gasteiger partial charge in [0.1, 0.15) is 6.04 Å². The maximum absolute atomic E-state index is 11.4. The van der Waals surface area contributed by atoms with Gasteiger partial charge in [-0.3, -0.25) is 9.59 Å². The number of ether oxygens (including phenoxy) is 1. The average molecular weight is 245 g/mol. The normalized spacial score (nSPS) is 12.0. The van der Waals surface area contributed by atoms with Crippen LogP contribution in [-0.2, 0) is 19.1 Å². The monoisotopic (exact) mass is 245 g/mol. The van der Waals surface area contributed by atoms with Crippen molar-refractivity contribution in [3.05, 3.63) is 0 Å². The van der Waals surface area contributed by atoms with Crippen molar-refractivity contribution in [2.24, 2.45) is 5.92 Å². The molecule has 98 valence electrons. The third-order valence-corrected chi connectivity index (χ3v) is 2.11. The summed E-state index contributed by atoms with van der Waals surface area (Å²) in [5.74, 6) is -2.21. The summed E-state index contributed by atoms with van der Waals surface area (Å²) >= 11 is 0. The fourth-order valence-electron chi connectivity index (χ4n) is 1.21. The van der Waals surface area contributed by atoms with E-state index in [1.165, 1.54) is 0 Å². The molecule has 6 heteroatoms. The molecule has 0 saturated heterocycles. The molecule has 17 heavy (non-hydrogen) atoms. The molecule has 2 N–H and O–H groups in total. The van der Waals surface area contributed by atoms with Crippen LogP contribution in [0.15, 0.2) is 0 Å². The van der Waals surface area contributed by atoms with Gasteiger partial charge < -0.3 is 15.2 Å². The van der Waals surface area contributed by atoms with Crippen molar-refractivity contribution >= 4 is 17.8 Å². The van der Waals surface area contributed by atoms with Crippen molar-refractivity contribution in [2.45, 2.75) is 39.7 Å². The highest BCUT2D eigenvalue weighted by molar-refractivity contribution is 5.85. The van der Waals surface area contributed by atoms with Gasteiger partial charge >= 0.3 is 11.9 Å². The van der Waals surface area contributed by atoms with E-state index in [-0.39, 0.29) is 25.4 Å². The zero-order valence-electron chi connectivity index (χ0n) is 10.4. The van der Waals surface area contributed by atoms with Crippen LogP contribution < -0.4 is 5.32 Å². The van der Waals surface area contributed by atoms with Crippen molar-refractivity contribution in [1.82, 2.24) is 5.32 Å². The van der Waals surface area contributed by atoms with E-state index < -0.39 is 23.9 Å². The molecule has 0 unspecified atom stereocenters. The zero-order chi connectivity index (χ0) is 13.4. The molecule has 1 atom stereocenters. The van der Waals surface area contributed by atoms with Crippen molar-refractivity contribution < 1.29 is 24.2 Å². The van der Waals surface area contributed by atoms with Gasteiger partial charge in [0, 0.05) is 6.42 Å². The zero-order valence-corrected chi connectivity index (χ0v) is 10.4. The van der Waals surface area contributed by atoms with Crippen molar-refractivity contribution in [2.75, 3.05) is 6.61 Å². The highest BCUT2D eigenvalue weighted by atomic mass is 16.5. The minimum absolute atomic E-state index is 0.0376. The van der Waals surface area contributed by atoms with Crippen LogP contribution in [0.5, 0.6) is 0 Å². The number of amides is 1. The lowest BCUT2D eigenvalue weighted by atomic mass is 10.0. The Bertz CT molecular complexity index is 288. The Morgan fingerprint density at radius 2 is 1.82 bits per heavy atom. The summed E-state index contributed by atoms with van der Waals surface area (Å²) in [5, 5.41) is 11.2. The summed E-state index contributed by atoms with van der Waals surface area (Å²) in [6.45, 7) is 5.34. The minimum Gasteiger partial charge on any atom is -0.480 e. The van der Waals surface area contributed by atoms with E-state index >= 15 is 0 Å². The average Bonchev–Trinajstić information content (AvgIpc) is 2.22. The number of carboxylic acid groups (broad SMARTS) is 1. The first kappa shape index (κ1) is 15.4. The molecule has 0 aliphatic carbocycles. The first-order valence-electron chi connectivity index (χ1n) is 5.56. The summed E-state index contributed by atoms with van der Waals surface area (Å²) in [7, 11) is 0. The lowest BCUT2D eigenvalue weighted by molar-refractivity contribution is -0.145. The van der Waals surface area contributed by atoms with E-state index in [0.29, 0.717) is 0 Å². The summed E-state index contributed by atoms with van der Waals surface area (Å²) in [6, 6.07) is -0.926. The van der Waals surface area contributed by atoms with Crippen LogP contribution in [0.1, 0.15) is 33.6 Å². The van der Waals surface area contributed by atoms with E-state index in [9.17, 15) is 14.4 Å². The minimum atomic E-state index is -1.08. The van der Waals surface area contributed by atoms with E-state index in [4.69, 9.17) is 5.11 Å². The van der Waals surface area contributed by atoms with Crippen LogP contribution in [0.25, 0.3) is 0 Å². The number of hydrogen-bond acceptors (Lipinski definition) is 4. The molecule has 0 saturated carbocycles. The molecule has 6 nitrogen and oxygen atoms in total. The molecule has 1 amide bonds. The van der Waals surface area contributed by atoms with Crippen LogP contribution in [0.4, 0.5) is 0 Å². The van der Waals surface area contributed by atoms with E-state index in [2.05, 4.69) is 10.1 Å². The maximum atomic E-state index is 11.4. The standard InChI is InChI=1S/C11H19NO5/c1-4-17-9(14)6-5-8(13)12-10(7(2)3)11(15)16/h7,10H,4-6H2,1-3H3,(H,12,13)(H,15,16)/t10-/m0/s1. The van der Waals surface area contributed by atoms with Gasteiger partial charge in [-0.15, -0.1) is 0 Å². The second kappa shape index (κ2) is 7.65. The maximum Gasteiger partial charge on any atom is 0.326 e. The number of hydrogen-bond donors (Lipinski definition) is 2. The van der Waals surface area contributed by atoms with Gasteiger partial charge in [0.15, 0.2) is 0 Å². The largest absolute Gasteiger partial charge is 0.480 e. The van der Waals surface area contributed by atoms with Gasteiger partial charge in [0.05, 0.1) is 13.0 Å². The van der Waals surface area contributed by atoms with E-state index in [0.717, 1.165) is 0 Å². The van der Waals surface area contributed by atoms with Crippen LogP contribution in [0.3, 0.4) is 0 Å². The summed E-state index contributed by atoms with van der Waals surface area (Å²) < 4.78 is 4.66. The number of carbonyl (C=O) groups excluding carboxylic acids is 2. The molecule has 0 fully saturated rings. The Balaban J connectivity index is 4.07. The van der Waals surface area contributed by atoms with Gasteiger partial charge in [0.2, 0.25) is 5.91 Å². The lowest BCUT2D eigenvalue weighted by Gasteiger charge is -2.17. The summed E-state index contributed by atoms with van der Waals surface area (Å²) in [4.78, 5) is 33.2. The number of nitrogens with one attached hydrogen (secondary N) is 1. The second-order valence-electron chi connectivity index (χ2n) is 3.93. The first-order chi connectivity index (χ1) is 7.88. The van der Waals surface area contributed by atoms with Gasteiger partial charge in [-0.05, 0) is 12.8 Å². The Morgan fingerprint density at radius 3 is 2.24 bits per heavy atom. The van der Waals surface area contributed by atoms with E-state index in [1.807, 2.05) is 0 Å². The molecule has 0 aliphatic rings. The molecular formula is C11H19NO5. The number of aliphatic carboxylic acids is 1. The van der Waals surface area contributed by atoms with Gasteiger partial charge in [-0.25, -0.2) is 4.79 Å². The fraction of sp³-hybridized carbons (Fsp3) is 0.727. The van der Waals surface area contributed by atoms with Crippen LogP contribution in [0, 0.1) is 5.92 Å². The van der Waals surface area contributed by atoms with Gasteiger partial charge in [-0.2, -0.15) is 0 Å². The number of carboxylic acids is 1. The molecule has 0 aliphatic heterocycles. The highest BCUT2D eigenvalue weighted by Crippen LogP contribution is 2.03. The predicted octanol–water partition coefficient (Wildman–Crippen LogP) is 0.555. The smallest absolute Gasteiger partial charge is 0.326 e. The Kier molecular flexibility index (Phi) is 6.93. The summed E-state index contributed by atoms with van der Waals surface area (Å²) in [6.07, 6.45) is -0.0978. The summed E-state index contributed by atoms with van der Waals surface area (Å²) in [5.41, 5.74) is 0. The SMILES string of the molecule is CCOC(=O)CCC(=O)N[C@H](C(=O)O)C(C)C. The molecule has 0 spiro atoms. The van der Waals surface area contributed by atoms with Crippen molar-refractivity contribution in [1.29, 1.82) is 0 Å². The molecule has 0 aromatic heterocycles. The van der Waals surface area contributed by atoms with Crippen LogP contribution >= 0.6 is 0 Å². The molecule has 0 bridgehead atoms. The second-order valence-corrected chi connectivity index (χ2v) is 3.93. The van der Waals surface area contributed by atoms with Crippen molar-refractivity contribution in [3.63, 3.8) is 0 Å². The van der Waals surface area contributed by atoms with Gasteiger partial charge in [-0.1, -0.05) is 13.8 Å². The molecule has 0 aromatic carbocycles. The third-order valence-electron chi connectivity index (χ3n) is 2.11. The van der Waals surface area contributed by atoms with E-state index in [1.54, 1.807) is 20.8 Å².